The van der Waals surface area contributed by atoms with Crippen molar-refractivity contribution in [1.82, 2.24) is 19.7 Å². The fourth-order valence-electron chi connectivity index (χ4n) is 12.5. The average molecular weight is 854 g/mol. The van der Waals surface area contributed by atoms with Crippen LogP contribution in [0.3, 0.4) is 0 Å². The number of aromatic nitrogens is 1. The maximum atomic E-state index is 4.10. The number of allylic oxidation sites excluding steroid dienone is 10. The van der Waals surface area contributed by atoms with Gasteiger partial charge in [-0.3, -0.25) is 19.7 Å². The molecule has 1 saturated heterocycles. The van der Waals surface area contributed by atoms with Crippen LogP contribution in [-0.2, 0) is 6.42 Å². The summed E-state index contributed by atoms with van der Waals surface area (Å²) in [6.07, 6.45) is 32.1. The zero-order valence-corrected chi connectivity index (χ0v) is 39.2. The zero-order chi connectivity index (χ0) is 43.4. The fraction of sp³-hybridized carbons (Fsp3) is 0.368. The molecular formula is C57H67N5S. The first kappa shape index (κ1) is 42.1. The Balaban J connectivity index is 1.14. The average Bonchev–Trinajstić information content (AvgIpc) is 3.64. The molecule has 0 radical (unpaired) electrons. The summed E-state index contributed by atoms with van der Waals surface area (Å²) in [5.41, 5.74) is 9.86. The van der Waals surface area contributed by atoms with Crippen molar-refractivity contribution in [2.45, 2.75) is 98.6 Å². The predicted molar refractivity (Wildman–Crippen MR) is 268 cm³/mol. The molecule has 5 nitrogen and oxygen atoms in total. The molecule has 11 unspecified atom stereocenters. The van der Waals surface area contributed by atoms with Crippen LogP contribution >= 0.6 is 10.0 Å². The summed E-state index contributed by atoms with van der Waals surface area (Å²) in [5.74, 6) is 3.39. The quantitative estimate of drug-likeness (QED) is 0.185. The van der Waals surface area contributed by atoms with E-state index in [1.165, 1.54) is 49.3 Å². The van der Waals surface area contributed by atoms with Crippen molar-refractivity contribution in [3.63, 3.8) is 0 Å². The highest BCUT2D eigenvalue weighted by Gasteiger charge is 2.52. The Morgan fingerprint density at radius 1 is 0.683 bits per heavy atom. The van der Waals surface area contributed by atoms with Crippen LogP contribution in [-0.4, -0.2) is 51.7 Å². The highest BCUT2D eigenvalue weighted by atomic mass is 32.3. The smallest absolute Gasteiger partial charge is 0.118 e. The van der Waals surface area contributed by atoms with Crippen molar-refractivity contribution in [2.75, 3.05) is 26.0 Å². The van der Waals surface area contributed by atoms with Gasteiger partial charge in [0.15, 0.2) is 0 Å². The van der Waals surface area contributed by atoms with Crippen LogP contribution in [0.2, 0.25) is 0 Å². The van der Waals surface area contributed by atoms with E-state index in [1.54, 1.807) is 5.56 Å². The minimum Gasteiger partial charge on any atom is -0.367 e. The van der Waals surface area contributed by atoms with Crippen molar-refractivity contribution < 1.29 is 0 Å². The van der Waals surface area contributed by atoms with E-state index in [4.69, 9.17) is 0 Å². The number of hydrogen-bond acceptors (Lipinski definition) is 4. The van der Waals surface area contributed by atoms with Crippen LogP contribution < -0.4 is 10.6 Å². The standard InChI is InChI=1S/C57H67N5S/c1-38-20-18-25-45(36-38)62-52-42(5)53(41(4)37-50(52)49-29-19-35-58-55(49)62)63(46-26-12-9-13-27-46,51-30-17-15-22-40(51)3)47-33-31-44(32-34-47)57-60(6)54(43-23-10-8-11-24-43)59-56(61(57)7)48-28-16-14-21-39(48)2/h8-19,22-34,36,38-42,51,53-54,56-59H,20-21,35,37H2,1-7H3. The Morgan fingerprint density at radius 2 is 1.40 bits per heavy atom. The first-order valence-electron chi connectivity index (χ1n) is 23.7. The molecule has 6 heteroatoms. The molecule has 326 valence electrons. The van der Waals surface area contributed by atoms with Crippen molar-refractivity contribution in [2.24, 2.45) is 23.7 Å². The monoisotopic (exact) mass is 854 g/mol. The largest absolute Gasteiger partial charge is 0.367 e. The minimum atomic E-state index is -1.75. The van der Waals surface area contributed by atoms with Crippen LogP contribution in [0, 0.1) is 23.7 Å². The molecule has 3 heterocycles. The Kier molecular flexibility index (Phi) is 11.5. The van der Waals surface area contributed by atoms with Gasteiger partial charge in [-0.25, -0.2) is 0 Å². The number of hydrogen-bond donors (Lipinski definition) is 2. The molecule has 11 atom stereocenters. The van der Waals surface area contributed by atoms with Gasteiger partial charge in [-0.15, -0.1) is 0 Å². The Hall–Kier alpha value is -4.85. The molecule has 2 N–H and O–H groups in total. The molecule has 4 aliphatic carbocycles. The predicted octanol–water partition coefficient (Wildman–Crippen LogP) is 13.1. The SMILES string of the molecule is CC1C=C(n2c3c(c4c2C(C)C(S(c2ccccc2)(c2ccc(C5N(C)C(C6=CC=CCC6C)NC(c6ccccc6)N5C)cc2)C2C=CC=CC2C)C(C)C4)C=CCN3)C=CC1. The van der Waals surface area contributed by atoms with Gasteiger partial charge in [-0.1, -0.05) is 162 Å². The topological polar surface area (TPSA) is 35.5 Å². The number of rotatable bonds is 8. The lowest BCUT2D eigenvalue weighted by Gasteiger charge is -2.58. The third-order valence-corrected chi connectivity index (χ3v) is 20.5. The summed E-state index contributed by atoms with van der Waals surface area (Å²) >= 11 is 0. The van der Waals surface area contributed by atoms with Gasteiger partial charge in [0.1, 0.15) is 5.82 Å². The van der Waals surface area contributed by atoms with Gasteiger partial charge in [0.25, 0.3) is 0 Å². The zero-order valence-electron chi connectivity index (χ0n) is 38.4. The molecule has 6 aliphatic rings. The van der Waals surface area contributed by atoms with Crippen LogP contribution in [0.15, 0.2) is 167 Å². The highest BCUT2D eigenvalue weighted by Crippen LogP contribution is 2.76. The number of nitrogens with zero attached hydrogens (tertiary/aromatic N) is 3. The van der Waals surface area contributed by atoms with E-state index in [2.05, 4.69) is 232 Å². The summed E-state index contributed by atoms with van der Waals surface area (Å²) in [6.45, 7) is 13.2. The highest BCUT2D eigenvalue weighted by molar-refractivity contribution is 8.35. The first-order chi connectivity index (χ1) is 30.7. The summed E-state index contributed by atoms with van der Waals surface area (Å²) in [7, 11) is 2.86. The molecule has 4 aromatic rings. The molecule has 10 rings (SSSR count). The van der Waals surface area contributed by atoms with E-state index >= 15 is 0 Å². The number of anilines is 1. The van der Waals surface area contributed by atoms with Crippen molar-refractivity contribution in [1.29, 1.82) is 0 Å². The van der Waals surface area contributed by atoms with E-state index in [0.717, 1.165) is 25.8 Å². The molecule has 0 amide bonds. The van der Waals surface area contributed by atoms with Gasteiger partial charge >= 0.3 is 0 Å². The number of fused-ring (bicyclic) bond motifs is 3. The molecule has 1 aromatic heterocycles. The molecule has 3 aromatic carbocycles. The van der Waals surface area contributed by atoms with E-state index in [9.17, 15) is 0 Å². The van der Waals surface area contributed by atoms with Crippen LogP contribution in [0.1, 0.15) is 93.7 Å². The second kappa shape index (κ2) is 17.3. The van der Waals surface area contributed by atoms with Gasteiger partial charge < -0.3 is 5.32 Å². The Bertz CT molecular complexity index is 2520. The molecular weight excluding hydrogens is 787 g/mol. The lowest BCUT2D eigenvalue weighted by Crippen LogP contribution is -2.61. The lowest BCUT2D eigenvalue weighted by molar-refractivity contribution is -0.0548. The van der Waals surface area contributed by atoms with Gasteiger partial charge in [-0.2, -0.15) is 10.0 Å². The van der Waals surface area contributed by atoms with E-state index in [1.807, 2.05) is 0 Å². The van der Waals surface area contributed by atoms with E-state index in [0.29, 0.717) is 40.1 Å². The second-order valence-corrected chi connectivity index (χ2v) is 22.8. The molecule has 0 spiro atoms. The van der Waals surface area contributed by atoms with Gasteiger partial charge in [-0.05, 0) is 119 Å². The summed E-state index contributed by atoms with van der Waals surface area (Å²) in [5, 5.41) is 8.70. The lowest BCUT2D eigenvalue weighted by atomic mass is 9.80. The minimum absolute atomic E-state index is 0.0618. The van der Waals surface area contributed by atoms with Crippen LogP contribution in [0.5, 0.6) is 0 Å². The number of benzene rings is 3. The molecule has 0 saturated carbocycles. The Morgan fingerprint density at radius 3 is 2.13 bits per heavy atom. The third kappa shape index (κ3) is 7.13. The maximum Gasteiger partial charge on any atom is 0.118 e. The van der Waals surface area contributed by atoms with Crippen LogP contribution in [0.25, 0.3) is 11.8 Å². The van der Waals surface area contributed by atoms with Gasteiger partial charge in [0.2, 0.25) is 0 Å². The van der Waals surface area contributed by atoms with Gasteiger partial charge in [0, 0.05) is 39.9 Å². The second-order valence-electron chi connectivity index (χ2n) is 19.4. The maximum absolute atomic E-state index is 4.10. The molecule has 1 fully saturated rings. The first-order valence-corrected chi connectivity index (χ1v) is 25.4. The number of nitrogens with one attached hydrogen (secondary N) is 2. The van der Waals surface area contributed by atoms with Crippen molar-refractivity contribution in [3.05, 3.63) is 185 Å². The molecule has 0 bridgehead atoms. The summed E-state index contributed by atoms with van der Waals surface area (Å²) in [4.78, 5) is 8.11. The van der Waals surface area contributed by atoms with Crippen LogP contribution in [0.4, 0.5) is 5.82 Å². The summed E-state index contributed by atoms with van der Waals surface area (Å²) < 4.78 is 2.66. The van der Waals surface area contributed by atoms with Crippen molar-refractivity contribution >= 4 is 27.6 Å². The normalized spacial score (nSPS) is 31.9. The Labute approximate surface area is 379 Å². The molecule has 2 aliphatic heterocycles. The molecule has 63 heavy (non-hydrogen) atoms. The summed E-state index contributed by atoms with van der Waals surface area (Å²) in [6, 6.07) is 33.0. The van der Waals surface area contributed by atoms with E-state index in [-0.39, 0.29) is 18.5 Å². The van der Waals surface area contributed by atoms with E-state index < -0.39 is 10.0 Å². The van der Waals surface area contributed by atoms with Crippen molar-refractivity contribution in [3.8, 4) is 0 Å². The number of likely N-dealkylation sites (N-methyl/N-ethyl adjacent to an activating group) is 1. The fourth-order valence-corrected chi connectivity index (χ4v) is 18.3. The van der Waals surface area contributed by atoms with Gasteiger partial charge in [0.05, 0.1) is 18.5 Å². The third-order valence-electron chi connectivity index (χ3n) is 15.3.